The van der Waals surface area contributed by atoms with Crippen molar-refractivity contribution < 1.29 is 14.6 Å². The largest absolute Gasteiger partial charge is 0.456 e. The van der Waals surface area contributed by atoms with Crippen LogP contribution < -0.4 is 0 Å². The number of nitro groups is 2. The normalized spacial score (nSPS) is 10.9. The summed E-state index contributed by atoms with van der Waals surface area (Å²) in [6, 6.07) is 0. The van der Waals surface area contributed by atoms with E-state index >= 15 is 0 Å². The first-order chi connectivity index (χ1) is 5.80. The maximum absolute atomic E-state index is 10.3. The fourth-order valence-corrected chi connectivity index (χ4v) is 0.679. The van der Waals surface area contributed by atoms with Gasteiger partial charge in [-0.2, -0.15) is 0 Å². The molecule has 0 fully saturated rings. The molecule has 0 aliphatic rings. The number of hydrogen-bond donors (Lipinski definition) is 0. The van der Waals surface area contributed by atoms with Crippen molar-refractivity contribution in [3.63, 3.8) is 0 Å². The van der Waals surface area contributed by atoms with E-state index < -0.39 is 27.2 Å². The van der Waals surface area contributed by atoms with Crippen LogP contribution in [0.15, 0.2) is 0 Å². The Morgan fingerprint density at radius 1 is 1.38 bits per heavy atom. The third-order valence-electron chi connectivity index (χ3n) is 1.58. The molecule has 0 rings (SSSR count). The second kappa shape index (κ2) is 4.13. The van der Waals surface area contributed by atoms with E-state index in [9.17, 15) is 25.0 Å². The van der Waals surface area contributed by atoms with Crippen LogP contribution in [0, 0.1) is 20.2 Å². The fraction of sp³-hybridized carbons (Fsp3) is 0.800. The van der Waals surface area contributed by atoms with Crippen LogP contribution in [0.25, 0.3) is 0 Å². The van der Waals surface area contributed by atoms with Gasteiger partial charge >= 0.3 is 5.66 Å². The number of carbonyl (C=O) groups is 1. The lowest BCUT2D eigenvalue weighted by molar-refractivity contribution is -0.792. The van der Waals surface area contributed by atoms with Crippen LogP contribution >= 0.6 is 11.6 Å². The lowest BCUT2D eigenvalue weighted by Crippen LogP contribution is -2.43. The Balaban J connectivity index is 4.52. The summed E-state index contributed by atoms with van der Waals surface area (Å²) in [4.78, 5) is 28.8. The van der Waals surface area contributed by atoms with Crippen molar-refractivity contribution >= 4 is 16.8 Å². The second-order valence-electron chi connectivity index (χ2n) is 2.59. The summed E-state index contributed by atoms with van der Waals surface area (Å²) >= 11 is 4.91. The Bertz CT molecular complexity index is 239. The summed E-state index contributed by atoms with van der Waals surface area (Å²) in [6.45, 7) is 0.840. The number of hydrogen-bond acceptors (Lipinski definition) is 5. The van der Waals surface area contributed by atoms with Gasteiger partial charge in [-0.3, -0.25) is 25.0 Å². The third kappa shape index (κ3) is 2.94. The highest BCUT2D eigenvalue weighted by molar-refractivity contribution is 6.63. The number of halogens is 1. The van der Waals surface area contributed by atoms with E-state index in [1.165, 1.54) is 0 Å². The van der Waals surface area contributed by atoms with Gasteiger partial charge < -0.3 is 0 Å². The number of nitrogens with zero attached hydrogens (tertiary/aromatic N) is 2. The van der Waals surface area contributed by atoms with Crippen LogP contribution in [0.5, 0.6) is 0 Å². The molecular weight excluding hydrogens is 204 g/mol. The zero-order chi connectivity index (χ0) is 10.6. The molecule has 0 spiro atoms. The van der Waals surface area contributed by atoms with Crippen LogP contribution in [0.1, 0.15) is 19.8 Å². The molecule has 0 aliphatic carbocycles. The molecule has 0 heterocycles. The van der Waals surface area contributed by atoms with E-state index in [-0.39, 0.29) is 6.42 Å². The van der Waals surface area contributed by atoms with E-state index in [0.29, 0.717) is 0 Å². The smallest absolute Gasteiger partial charge is 0.281 e. The highest BCUT2D eigenvalue weighted by Gasteiger charge is 2.50. The number of rotatable bonds is 5. The molecule has 0 bridgehead atoms. The summed E-state index contributed by atoms with van der Waals surface area (Å²) < 4.78 is 0. The molecule has 0 aromatic carbocycles. The van der Waals surface area contributed by atoms with E-state index in [2.05, 4.69) is 0 Å². The van der Waals surface area contributed by atoms with Crippen LogP contribution in [0.3, 0.4) is 0 Å². The first-order valence-corrected chi connectivity index (χ1v) is 3.66. The molecule has 0 aliphatic heterocycles. The third-order valence-corrected chi connectivity index (χ3v) is 1.77. The maximum Gasteiger partial charge on any atom is 0.456 e. The average Bonchev–Trinajstić information content (AvgIpc) is 1.99. The van der Waals surface area contributed by atoms with Crippen LogP contribution in [0.2, 0.25) is 0 Å². The van der Waals surface area contributed by atoms with E-state index in [1.54, 1.807) is 0 Å². The molecule has 8 heteroatoms. The minimum atomic E-state index is -2.33. The summed E-state index contributed by atoms with van der Waals surface area (Å²) in [7, 11) is 0. The molecule has 0 amide bonds. The second-order valence-corrected chi connectivity index (χ2v) is 3.01. The maximum atomic E-state index is 10.3. The molecule has 0 atom stereocenters. The van der Waals surface area contributed by atoms with E-state index in [4.69, 9.17) is 11.6 Å². The Morgan fingerprint density at radius 2 is 1.77 bits per heavy atom. The standard InChI is InChI=1S/C5H7ClN2O5/c1-5(7(10)11,8(12)13)3-2-4(6)9/h2-3H2,1H3. The van der Waals surface area contributed by atoms with Gasteiger partial charge in [0, 0.05) is 6.42 Å². The molecule has 13 heavy (non-hydrogen) atoms. The van der Waals surface area contributed by atoms with Crippen molar-refractivity contribution in [3.05, 3.63) is 20.2 Å². The average molecular weight is 211 g/mol. The number of carbonyl (C=O) groups excluding carboxylic acids is 1. The van der Waals surface area contributed by atoms with Crippen molar-refractivity contribution in [2.24, 2.45) is 0 Å². The van der Waals surface area contributed by atoms with Crippen molar-refractivity contribution in [3.8, 4) is 0 Å². The highest BCUT2D eigenvalue weighted by Crippen LogP contribution is 2.17. The predicted octanol–water partition coefficient (Wildman–Crippen LogP) is 0.802. The molecule has 0 aromatic rings. The van der Waals surface area contributed by atoms with Crippen molar-refractivity contribution in [2.75, 3.05) is 0 Å². The van der Waals surface area contributed by atoms with Crippen molar-refractivity contribution in [1.29, 1.82) is 0 Å². The van der Waals surface area contributed by atoms with Gasteiger partial charge in [0.15, 0.2) is 0 Å². The van der Waals surface area contributed by atoms with Gasteiger partial charge in [-0.25, -0.2) is 0 Å². The SMILES string of the molecule is CC(CCC(=O)Cl)([N+](=O)[O-])[N+](=O)[O-]. The molecule has 0 aromatic heterocycles. The summed E-state index contributed by atoms with van der Waals surface area (Å²) in [5.74, 6) is 0. The topological polar surface area (TPSA) is 103 Å². The minimum Gasteiger partial charge on any atom is -0.281 e. The van der Waals surface area contributed by atoms with Gasteiger partial charge in [-0.15, -0.1) is 0 Å². The van der Waals surface area contributed by atoms with Crippen LogP contribution in [-0.4, -0.2) is 20.8 Å². The van der Waals surface area contributed by atoms with Crippen molar-refractivity contribution in [1.82, 2.24) is 0 Å². The first kappa shape index (κ1) is 11.8. The van der Waals surface area contributed by atoms with Gasteiger partial charge in [-0.05, 0) is 11.6 Å². The van der Waals surface area contributed by atoms with Crippen molar-refractivity contribution in [2.45, 2.75) is 25.4 Å². The highest BCUT2D eigenvalue weighted by atomic mass is 35.5. The van der Waals surface area contributed by atoms with Crippen LogP contribution in [-0.2, 0) is 4.79 Å². The Hall–Kier alpha value is -1.24. The Morgan fingerprint density at radius 3 is 2.00 bits per heavy atom. The van der Waals surface area contributed by atoms with E-state index in [0.717, 1.165) is 6.92 Å². The predicted molar refractivity (Wildman–Crippen MR) is 42.5 cm³/mol. The Labute approximate surface area is 78.0 Å². The molecule has 0 unspecified atom stereocenters. The van der Waals surface area contributed by atoms with E-state index in [1.807, 2.05) is 0 Å². The first-order valence-electron chi connectivity index (χ1n) is 3.28. The van der Waals surface area contributed by atoms with Gasteiger partial charge in [0.05, 0.1) is 23.2 Å². The molecule has 0 saturated carbocycles. The molecule has 74 valence electrons. The summed E-state index contributed by atoms with van der Waals surface area (Å²) in [5.41, 5.74) is -2.33. The zero-order valence-electron chi connectivity index (χ0n) is 6.73. The summed E-state index contributed by atoms with van der Waals surface area (Å²) in [6.07, 6.45) is -0.894. The van der Waals surface area contributed by atoms with Gasteiger partial charge in [-0.1, -0.05) is 0 Å². The lowest BCUT2D eigenvalue weighted by atomic mass is 10.1. The minimum absolute atomic E-state index is 0.389. The molecule has 0 saturated heterocycles. The lowest BCUT2D eigenvalue weighted by Gasteiger charge is -2.10. The van der Waals surface area contributed by atoms with Gasteiger partial charge in [0.25, 0.3) is 0 Å². The molecule has 0 N–H and O–H groups in total. The van der Waals surface area contributed by atoms with Gasteiger partial charge in [0.2, 0.25) is 5.24 Å². The monoisotopic (exact) mass is 210 g/mol. The molecular formula is C5H7ClN2O5. The fourth-order valence-electron chi connectivity index (χ4n) is 0.584. The van der Waals surface area contributed by atoms with Gasteiger partial charge in [0.1, 0.15) is 0 Å². The molecule has 7 nitrogen and oxygen atoms in total. The summed E-state index contributed by atoms with van der Waals surface area (Å²) in [5, 5.41) is 19.7. The van der Waals surface area contributed by atoms with Crippen LogP contribution in [0.4, 0.5) is 0 Å². The molecule has 0 radical (unpaired) electrons. The Kier molecular flexibility index (Phi) is 3.73. The quantitative estimate of drug-likeness (QED) is 0.289. The zero-order valence-corrected chi connectivity index (χ0v) is 7.48.